The maximum atomic E-state index is 13.8. The molecule has 0 radical (unpaired) electrons. The first-order chi connectivity index (χ1) is 12.5. The van der Waals surface area contributed by atoms with E-state index in [1.54, 1.807) is 30.3 Å². The fraction of sp³-hybridized carbons (Fsp3) is 0.316. The molecule has 0 atom stereocenters. The van der Waals surface area contributed by atoms with Crippen LogP contribution in [0.2, 0.25) is 5.02 Å². The highest BCUT2D eigenvalue weighted by molar-refractivity contribution is 6.31. The molecule has 1 aliphatic heterocycles. The fourth-order valence-corrected chi connectivity index (χ4v) is 2.89. The van der Waals surface area contributed by atoms with Crippen molar-refractivity contribution in [1.29, 1.82) is 0 Å². The summed E-state index contributed by atoms with van der Waals surface area (Å²) in [5, 5.41) is 3.22. The Bertz CT molecular complexity index is 780. The van der Waals surface area contributed by atoms with E-state index in [0.29, 0.717) is 54.1 Å². The Morgan fingerprint density at radius 3 is 2.77 bits per heavy atom. The second-order valence-corrected chi connectivity index (χ2v) is 6.50. The van der Waals surface area contributed by atoms with Crippen LogP contribution in [-0.4, -0.2) is 37.6 Å². The Hall–Kier alpha value is -2.31. The van der Waals surface area contributed by atoms with Crippen LogP contribution in [0.5, 0.6) is 11.5 Å². The quantitative estimate of drug-likeness (QED) is 0.832. The Kier molecular flexibility index (Phi) is 5.96. The van der Waals surface area contributed by atoms with Gasteiger partial charge in [-0.05, 0) is 31.3 Å². The zero-order valence-corrected chi connectivity index (χ0v) is 15.2. The molecule has 5 nitrogen and oxygen atoms in total. The Morgan fingerprint density at radius 1 is 1.23 bits per heavy atom. The van der Waals surface area contributed by atoms with Crippen molar-refractivity contribution in [3.8, 4) is 11.5 Å². The van der Waals surface area contributed by atoms with E-state index in [1.807, 2.05) is 11.9 Å². The van der Waals surface area contributed by atoms with E-state index in [-0.39, 0.29) is 18.1 Å². The van der Waals surface area contributed by atoms with E-state index in [9.17, 15) is 9.18 Å². The van der Waals surface area contributed by atoms with Gasteiger partial charge in [0, 0.05) is 41.9 Å². The molecule has 1 aliphatic rings. The first-order valence-corrected chi connectivity index (χ1v) is 8.71. The zero-order valence-electron chi connectivity index (χ0n) is 14.4. The van der Waals surface area contributed by atoms with Gasteiger partial charge in [-0.3, -0.25) is 4.79 Å². The lowest BCUT2D eigenvalue weighted by Gasteiger charge is -2.19. The van der Waals surface area contributed by atoms with Crippen molar-refractivity contribution >= 4 is 23.2 Å². The summed E-state index contributed by atoms with van der Waals surface area (Å²) >= 11 is 6.03. The molecular formula is C19H20ClFN2O3. The van der Waals surface area contributed by atoms with Crippen LogP contribution in [0.1, 0.15) is 12.0 Å². The number of nitrogens with zero attached hydrogens (tertiary/aromatic N) is 1. The SMILES string of the molecule is CN(CCC(=O)Nc1ccc2c(c1)OCCO2)Cc1c(F)cccc1Cl. The molecule has 0 fully saturated rings. The van der Waals surface area contributed by atoms with Gasteiger partial charge in [-0.25, -0.2) is 4.39 Å². The van der Waals surface area contributed by atoms with E-state index in [0.717, 1.165) is 0 Å². The van der Waals surface area contributed by atoms with Crippen molar-refractivity contribution in [3.63, 3.8) is 0 Å². The third kappa shape index (κ3) is 4.65. The average Bonchev–Trinajstić information content (AvgIpc) is 2.63. The highest BCUT2D eigenvalue weighted by Crippen LogP contribution is 2.32. The van der Waals surface area contributed by atoms with E-state index >= 15 is 0 Å². The van der Waals surface area contributed by atoms with Gasteiger partial charge in [0.15, 0.2) is 11.5 Å². The topological polar surface area (TPSA) is 50.8 Å². The van der Waals surface area contributed by atoms with Gasteiger partial charge in [0.1, 0.15) is 19.0 Å². The molecule has 0 aliphatic carbocycles. The zero-order chi connectivity index (χ0) is 18.5. The second kappa shape index (κ2) is 8.38. The number of rotatable bonds is 6. The van der Waals surface area contributed by atoms with Crippen molar-refractivity contribution in [1.82, 2.24) is 4.90 Å². The van der Waals surface area contributed by atoms with Crippen LogP contribution in [0.3, 0.4) is 0 Å². The number of anilines is 1. The molecule has 0 saturated carbocycles. The molecule has 0 unspecified atom stereocenters. The van der Waals surface area contributed by atoms with Gasteiger partial charge in [-0.15, -0.1) is 0 Å². The maximum Gasteiger partial charge on any atom is 0.225 e. The minimum Gasteiger partial charge on any atom is -0.486 e. The smallest absolute Gasteiger partial charge is 0.225 e. The molecule has 138 valence electrons. The van der Waals surface area contributed by atoms with Gasteiger partial charge in [-0.1, -0.05) is 17.7 Å². The highest BCUT2D eigenvalue weighted by atomic mass is 35.5. The molecule has 1 amide bonds. The number of hydrogen-bond donors (Lipinski definition) is 1. The molecular weight excluding hydrogens is 359 g/mol. The third-order valence-corrected chi connectivity index (χ3v) is 4.39. The van der Waals surface area contributed by atoms with Gasteiger partial charge in [-0.2, -0.15) is 0 Å². The molecule has 26 heavy (non-hydrogen) atoms. The van der Waals surface area contributed by atoms with E-state index in [2.05, 4.69) is 5.32 Å². The van der Waals surface area contributed by atoms with Crippen LogP contribution in [-0.2, 0) is 11.3 Å². The summed E-state index contributed by atoms with van der Waals surface area (Å²) in [6, 6.07) is 9.90. The van der Waals surface area contributed by atoms with Gasteiger partial charge in [0.05, 0.1) is 0 Å². The number of benzene rings is 2. The Balaban J connectivity index is 1.51. The Labute approximate surface area is 156 Å². The molecule has 0 spiro atoms. The van der Waals surface area contributed by atoms with E-state index < -0.39 is 0 Å². The number of nitrogens with one attached hydrogen (secondary N) is 1. The van der Waals surface area contributed by atoms with Crippen LogP contribution in [0.25, 0.3) is 0 Å². The molecule has 3 rings (SSSR count). The third-order valence-electron chi connectivity index (χ3n) is 4.04. The molecule has 1 N–H and O–H groups in total. The lowest BCUT2D eigenvalue weighted by Crippen LogP contribution is -2.24. The van der Waals surface area contributed by atoms with E-state index in [4.69, 9.17) is 21.1 Å². The number of fused-ring (bicyclic) bond motifs is 1. The summed E-state index contributed by atoms with van der Waals surface area (Å²) < 4.78 is 24.8. The Morgan fingerprint density at radius 2 is 2.00 bits per heavy atom. The number of hydrogen-bond acceptors (Lipinski definition) is 4. The van der Waals surface area contributed by atoms with Crippen LogP contribution in [0.15, 0.2) is 36.4 Å². The van der Waals surface area contributed by atoms with Crippen LogP contribution in [0, 0.1) is 5.82 Å². The number of ether oxygens (including phenoxy) is 2. The fourth-order valence-electron chi connectivity index (χ4n) is 2.67. The molecule has 2 aromatic carbocycles. The number of amides is 1. The van der Waals surface area contributed by atoms with Crippen molar-refractivity contribution < 1.29 is 18.7 Å². The molecule has 1 heterocycles. The molecule has 0 bridgehead atoms. The summed E-state index contributed by atoms with van der Waals surface area (Å²) in [7, 11) is 1.82. The van der Waals surface area contributed by atoms with E-state index in [1.165, 1.54) is 6.07 Å². The summed E-state index contributed by atoms with van der Waals surface area (Å²) in [6.07, 6.45) is 0.275. The monoisotopic (exact) mass is 378 g/mol. The molecule has 0 saturated heterocycles. The van der Waals surface area contributed by atoms with Crippen molar-refractivity contribution in [2.24, 2.45) is 0 Å². The lowest BCUT2D eigenvalue weighted by molar-refractivity contribution is -0.116. The van der Waals surface area contributed by atoms with Crippen LogP contribution in [0.4, 0.5) is 10.1 Å². The summed E-state index contributed by atoms with van der Waals surface area (Å²) in [5.74, 6) is 0.828. The predicted octanol–water partition coefficient (Wildman–Crippen LogP) is 3.71. The maximum absolute atomic E-state index is 13.8. The standard InChI is InChI=1S/C19H20ClFN2O3/c1-23(12-14-15(20)3-2-4-16(14)21)8-7-19(24)22-13-5-6-17-18(11-13)26-10-9-25-17/h2-6,11H,7-10,12H2,1H3,(H,22,24). The minimum atomic E-state index is -0.343. The van der Waals surface area contributed by atoms with Gasteiger partial charge in [0.25, 0.3) is 0 Å². The van der Waals surface area contributed by atoms with Crippen molar-refractivity contribution in [2.45, 2.75) is 13.0 Å². The summed E-state index contributed by atoms with van der Waals surface area (Å²) in [6.45, 7) is 1.83. The first-order valence-electron chi connectivity index (χ1n) is 8.34. The number of carbonyl (C=O) groups excluding carboxylic acids is 1. The average molecular weight is 379 g/mol. The normalized spacial score (nSPS) is 12.9. The predicted molar refractivity (Wildman–Crippen MR) is 98.4 cm³/mol. The van der Waals surface area contributed by atoms with Gasteiger partial charge >= 0.3 is 0 Å². The largest absolute Gasteiger partial charge is 0.486 e. The number of carbonyl (C=O) groups is 1. The van der Waals surface area contributed by atoms with Crippen molar-refractivity contribution in [3.05, 3.63) is 52.8 Å². The molecule has 7 heteroatoms. The van der Waals surface area contributed by atoms with Gasteiger partial charge in [0.2, 0.25) is 5.91 Å². The van der Waals surface area contributed by atoms with Crippen LogP contribution >= 0.6 is 11.6 Å². The number of halogens is 2. The minimum absolute atomic E-state index is 0.131. The van der Waals surface area contributed by atoms with Gasteiger partial charge < -0.3 is 19.7 Å². The van der Waals surface area contributed by atoms with Crippen molar-refractivity contribution in [2.75, 3.05) is 32.1 Å². The second-order valence-electron chi connectivity index (χ2n) is 6.09. The highest BCUT2D eigenvalue weighted by Gasteiger charge is 2.14. The summed E-state index contributed by atoms with van der Waals surface area (Å²) in [4.78, 5) is 14.0. The summed E-state index contributed by atoms with van der Waals surface area (Å²) in [5.41, 5.74) is 1.09. The lowest BCUT2D eigenvalue weighted by atomic mass is 10.2. The molecule has 0 aromatic heterocycles. The molecule has 2 aromatic rings. The van der Waals surface area contributed by atoms with Crippen LogP contribution < -0.4 is 14.8 Å². The first kappa shape index (κ1) is 18.5.